The van der Waals surface area contributed by atoms with Crippen LogP contribution in [0.2, 0.25) is 0 Å². The highest BCUT2D eigenvalue weighted by molar-refractivity contribution is 6.13. The van der Waals surface area contributed by atoms with E-state index in [0.29, 0.717) is 6.54 Å². The van der Waals surface area contributed by atoms with Crippen molar-refractivity contribution in [1.82, 2.24) is 10.2 Å². The lowest BCUT2D eigenvalue weighted by Gasteiger charge is -2.13. The second kappa shape index (κ2) is 12.0. The fraction of sp³-hybridized carbons (Fsp3) is 0.562. The highest BCUT2D eigenvalue weighted by atomic mass is 16.2. The molecule has 0 bridgehead atoms. The van der Waals surface area contributed by atoms with Gasteiger partial charge in [-0.25, -0.2) is 0 Å². The number of nitrogens with two attached hydrogens (primary N) is 1. The summed E-state index contributed by atoms with van der Waals surface area (Å²) in [6.07, 6.45) is 5.96. The van der Waals surface area contributed by atoms with E-state index in [0.717, 1.165) is 30.4 Å². The summed E-state index contributed by atoms with van der Waals surface area (Å²) in [5, 5.41) is 2.73. The summed E-state index contributed by atoms with van der Waals surface area (Å²) in [4.78, 5) is 54.7. The van der Waals surface area contributed by atoms with Crippen LogP contribution in [0.15, 0.2) is 12.2 Å². The average molecular weight is 339 g/mol. The number of carbonyl (C=O) groups excluding carboxylic acids is 5. The molecule has 3 N–H and O–H groups in total. The number of imide groups is 1. The van der Waals surface area contributed by atoms with E-state index in [1.807, 2.05) is 6.92 Å². The lowest BCUT2D eigenvalue weighted by Crippen LogP contribution is -2.34. The number of hydrogen-bond acceptors (Lipinski definition) is 5. The highest BCUT2D eigenvalue weighted by Crippen LogP contribution is 2.05. The Morgan fingerprint density at radius 3 is 2.29 bits per heavy atom. The van der Waals surface area contributed by atoms with Gasteiger partial charge in [-0.2, -0.15) is 0 Å². The normalized spacial score (nSPS) is 14.0. The quantitative estimate of drug-likeness (QED) is 0.345. The minimum atomic E-state index is -0.370. The zero-order chi connectivity index (χ0) is 18.5. The van der Waals surface area contributed by atoms with Crippen LogP contribution in [0.3, 0.4) is 0 Å². The number of aldehydes is 1. The number of hydrogen-bond donors (Lipinski definition) is 2. The maximum atomic E-state index is 11.5. The van der Waals surface area contributed by atoms with E-state index >= 15 is 0 Å². The Bertz CT molecular complexity index is 480. The van der Waals surface area contributed by atoms with Crippen LogP contribution in [0.1, 0.15) is 39.5 Å². The van der Waals surface area contributed by atoms with Crippen LogP contribution < -0.4 is 11.1 Å². The van der Waals surface area contributed by atoms with Gasteiger partial charge in [-0.3, -0.25) is 24.1 Å². The maximum Gasteiger partial charge on any atom is 0.253 e. The monoisotopic (exact) mass is 339 g/mol. The molecule has 0 aromatic rings. The summed E-state index contributed by atoms with van der Waals surface area (Å²) < 4.78 is 0. The van der Waals surface area contributed by atoms with Crippen LogP contribution in [0.5, 0.6) is 0 Å². The molecule has 0 fully saturated rings. The van der Waals surface area contributed by atoms with E-state index in [-0.39, 0.29) is 42.5 Å². The van der Waals surface area contributed by atoms with Crippen LogP contribution in [0.4, 0.5) is 0 Å². The van der Waals surface area contributed by atoms with Crippen LogP contribution in [-0.2, 0) is 24.0 Å². The maximum absolute atomic E-state index is 11.5. The number of carbonyl (C=O) groups is 5. The lowest BCUT2D eigenvalue weighted by molar-refractivity contribution is -0.137. The van der Waals surface area contributed by atoms with Gasteiger partial charge in [0, 0.05) is 44.5 Å². The second-order valence-electron chi connectivity index (χ2n) is 5.48. The molecule has 1 rings (SSSR count). The Kier molecular flexibility index (Phi) is 10.7. The average Bonchev–Trinajstić information content (AvgIpc) is 2.82. The van der Waals surface area contributed by atoms with Crippen molar-refractivity contribution in [2.75, 3.05) is 13.1 Å². The summed E-state index contributed by atoms with van der Waals surface area (Å²) >= 11 is 0. The second-order valence-corrected chi connectivity index (χ2v) is 5.48. The first kappa shape index (κ1) is 21.5. The lowest BCUT2D eigenvalue weighted by atomic mass is 10.1. The number of primary amides is 1. The molecule has 1 unspecified atom stereocenters. The summed E-state index contributed by atoms with van der Waals surface area (Å²) in [5.41, 5.74) is 4.47. The van der Waals surface area contributed by atoms with Gasteiger partial charge in [-0.1, -0.05) is 13.3 Å². The third-order valence-electron chi connectivity index (χ3n) is 3.10. The minimum Gasteiger partial charge on any atom is -0.370 e. The fourth-order valence-corrected chi connectivity index (χ4v) is 1.84. The Balaban J connectivity index is 0.00000118. The predicted octanol–water partition coefficient (Wildman–Crippen LogP) is -0.0854. The number of rotatable bonds is 9. The molecule has 8 nitrogen and oxygen atoms in total. The first-order valence-corrected chi connectivity index (χ1v) is 7.79. The topological polar surface area (TPSA) is 127 Å². The Morgan fingerprint density at radius 1 is 1.25 bits per heavy atom. The zero-order valence-electron chi connectivity index (χ0n) is 14.1. The number of nitrogens with one attached hydrogen (secondary N) is 1. The van der Waals surface area contributed by atoms with Crippen molar-refractivity contribution in [2.45, 2.75) is 39.5 Å². The molecule has 1 aliphatic rings. The van der Waals surface area contributed by atoms with Crippen LogP contribution in [0.25, 0.3) is 0 Å². The van der Waals surface area contributed by atoms with E-state index < -0.39 is 0 Å². The van der Waals surface area contributed by atoms with Gasteiger partial charge in [-0.05, 0) is 12.8 Å². The van der Waals surface area contributed by atoms with E-state index in [4.69, 9.17) is 0 Å². The van der Waals surface area contributed by atoms with E-state index in [1.165, 1.54) is 19.1 Å². The molecule has 0 aromatic heterocycles. The summed E-state index contributed by atoms with van der Waals surface area (Å²) in [5.74, 6) is -1.19. The van der Waals surface area contributed by atoms with E-state index in [9.17, 15) is 24.0 Å². The first-order chi connectivity index (χ1) is 11.3. The van der Waals surface area contributed by atoms with Gasteiger partial charge in [0.1, 0.15) is 6.29 Å². The van der Waals surface area contributed by atoms with Gasteiger partial charge in [0.25, 0.3) is 11.8 Å². The number of amides is 4. The predicted molar refractivity (Wildman–Crippen MR) is 87.4 cm³/mol. The van der Waals surface area contributed by atoms with Crippen molar-refractivity contribution in [2.24, 2.45) is 11.7 Å². The molecule has 24 heavy (non-hydrogen) atoms. The molecule has 134 valence electrons. The molecular formula is C16H25N3O5. The molecular weight excluding hydrogens is 314 g/mol. The van der Waals surface area contributed by atoms with Crippen molar-refractivity contribution < 1.29 is 24.0 Å². The third-order valence-corrected chi connectivity index (χ3v) is 3.10. The van der Waals surface area contributed by atoms with Gasteiger partial charge in [0.05, 0.1) is 0 Å². The summed E-state index contributed by atoms with van der Waals surface area (Å²) in [6, 6.07) is 0. The Morgan fingerprint density at radius 2 is 1.79 bits per heavy atom. The van der Waals surface area contributed by atoms with Gasteiger partial charge >= 0.3 is 0 Å². The highest BCUT2D eigenvalue weighted by Gasteiger charge is 2.23. The molecule has 1 aliphatic heterocycles. The van der Waals surface area contributed by atoms with Crippen LogP contribution in [-0.4, -0.2) is 47.9 Å². The standard InChI is InChI=1S/C14H20N2O4.C2H5NO/c1-11(10-17)4-2-3-8-15-12(18)7-9-16-13(19)5-6-14(16)20;1-2(3)4/h5-6,10-11H,2-4,7-9H2,1H3,(H,15,18);1H3,(H2,3,4). The molecule has 0 aliphatic carbocycles. The largest absolute Gasteiger partial charge is 0.370 e. The van der Waals surface area contributed by atoms with Gasteiger partial charge in [0.2, 0.25) is 11.8 Å². The summed E-state index contributed by atoms with van der Waals surface area (Å²) in [7, 11) is 0. The molecule has 0 aromatic carbocycles. The van der Waals surface area contributed by atoms with Crippen molar-refractivity contribution >= 4 is 29.9 Å². The smallest absolute Gasteiger partial charge is 0.253 e. The molecule has 8 heteroatoms. The number of nitrogens with zero attached hydrogens (tertiary/aromatic N) is 1. The molecule has 1 atom stereocenters. The molecule has 0 radical (unpaired) electrons. The van der Waals surface area contributed by atoms with Gasteiger partial charge < -0.3 is 15.8 Å². The van der Waals surface area contributed by atoms with E-state index in [1.54, 1.807) is 0 Å². The Labute approximate surface area is 141 Å². The van der Waals surface area contributed by atoms with Gasteiger partial charge in [0.15, 0.2) is 0 Å². The third kappa shape index (κ3) is 10.3. The molecule has 0 spiro atoms. The zero-order valence-corrected chi connectivity index (χ0v) is 14.1. The summed E-state index contributed by atoms with van der Waals surface area (Å²) in [6.45, 7) is 3.83. The first-order valence-electron chi connectivity index (χ1n) is 7.79. The molecule has 0 saturated carbocycles. The van der Waals surface area contributed by atoms with Gasteiger partial charge in [-0.15, -0.1) is 0 Å². The minimum absolute atomic E-state index is 0.0605. The van der Waals surface area contributed by atoms with Crippen LogP contribution in [0, 0.1) is 5.92 Å². The van der Waals surface area contributed by atoms with Crippen molar-refractivity contribution in [3.63, 3.8) is 0 Å². The number of unbranched alkanes of at least 4 members (excludes halogenated alkanes) is 1. The molecule has 1 heterocycles. The van der Waals surface area contributed by atoms with Crippen molar-refractivity contribution in [3.05, 3.63) is 12.2 Å². The van der Waals surface area contributed by atoms with Crippen molar-refractivity contribution in [3.8, 4) is 0 Å². The Hall–Kier alpha value is -2.51. The van der Waals surface area contributed by atoms with Crippen molar-refractivity contribution in [1.29, 1.82) is 0 Å². The molecule has 0 saturated heterocycles. The SMILES string of the molecule is CC(C=O)CCCCNC(=O)CCN1C(=O)C=CC1=O.CC(N)=O. The van der Waals surface area contributed by atoms with Crippen LogP contribution >= 0.6 is 0 Å². The molecule has 4 amide bonds. The fourth-order valence-electron chi connectivity index (χ4n) is 1.84. The van der Waals surface area contributed by atoms with E-state index in [2.05, 4.69) is 11.1 Å².